The Morgan fingerprint density at radius 2 is 1.15 bits per heavy atom. The van der Waals surface area contributed by atoms with Crippen molar-refractivity contribution in [2.75, 3.05) is 4.90 Å². The van der Waals surface area contributed by atoms with Crippen molar-refractivity contribution < 1.29 is 0 Å². The van der Waals surface area contributed by atoms with Gasteiger partial charge in [-0.25, -0.2) is 9.97 Å². The topological polar surface area (TPSA) is 34.0 Å². The fraction of sp³-hybridized carbons (Fsp3) is 0. The van der Waals surface area contributed by atoms with Crippen LogP contribution in [0.4, 0.5) is 17.1 Å². The minimum absolute atomic E-state index is 0.697. The summed E-state index contributed by atoms with van der Waals surface area (Å²) in [6.07, 6.45) is 0. The Kier molecular flexibility index (Phi) is 5.84. The second kappa shape index (κ2) is 10.5. The lowest BCUT2D eigenvalue weighted by molar-refractivity contribution is 1.05. The van der Waals surface area contributed by atoms with E-state index >= 15 is 0 Å². The predicted octanol–water partition coefficient (Wildman–Crippen LogP) is 11.5. The number of rotatable bonds is 4. The zero-order chi connectivity index (χ0) is 31.6. The molecule has 0 saturated heterocycles. The molecule has 0 N–H and O–H groups in total. The Morgan fingerprint density at radius 1 is 0.458 bits per heavy atom. The number of fused-ring (bicyclic) bond motifs is 6. The molecule has 1 aliphatic rings. The second-order valence-electron chi connectivity index (χ2n) is 12.2. The van der Waals surface area contributed by atoms with E-state index in [-0.39, 0.29) is 0 Å². The first-order chi connectivity index (χ1) is 23.8. The Labute approximate surface area is 277 Å². The van der Waals surface area contributed by atoms with Gasteiger partial charge in [0.15, 0.2) is 5.82 Å². The van der Waals surface area contributed by atoms with Crippen LogP contribution >= 0.6 is 0 Å². The molecule has 0 aliphatic carbocycles. The fourth-order valence-corrected chi connectivity index (χ4v) is 7.46. The largest absolute Gasteiger partial charge is 0.309 e. The molecule has 0 saturated carbocycles. The average molecular weight is 613 g/mol. The molecule has 0 spiro atoms. The number of hydrogen-bond acceptors (Lipinski definition) is 3. The molecule has 0 atom stereocenters. The van der Waals surface area contributed by atoms with Crippen LogP contribution in [0.25, 0.3) is 72.2 Å². The molecule has 4 nitrogen and oxygen atoms in total. The van der Waals surface area contributed by atoms with Crippen molar-refractivity contribution in [2.45, 2.75) is 0 Å². The number of aromatic nitrogens is 3. The lowest BCUT2D eigenvalue weighted by Gasteiger charge is -2.34. The lowest BCUT2D eigenvalue weighted by atomic mass is 9.89. The normalized spacial score (nSPS) is 12.1. The highest BCUT2D eigenvalue weighted by atomic mass is 15.2. The van der Waals surface area contributed by atoms with Crippen LogP contribution in [0.15, 0.2) is 170 Å². The SMILES string of the molecule is c1ccc(-c2cc(-n3c4ccccc4c4c5c(ccc43)-c3cccc4cccc(c34)N5c3ccccc3)nc(-c3ccccc3)n2)cc1. The van der Waals surface area contributed by atoms with E-state index < -0.39 is 0 Å². The minimum atomic E-state index is 0.697. The van der Waals surface area contributed by atoms with E-state index in [9.17, 15) is 0 Å². The maximum atomic E-state index is 5.27. The van der Waals surface area contributed by atoms with Crippen molar-refractivity contribution in [1.29, 1.82) is 0 Å². The van der Waals surface area contributed by atoms with Gasteiger partial charge in [0.25, 0.3) is 0 Å². The molecule has 10 rings (SSSR count). The van der Waals surface area contributed by atoms with E-state index in [1.165, 1.54) is 44.0 Å². The van der Waals surface area contributed by atoms with Gasteiger partial charge in [-0.05, 0) is 41.3 Å². The van der Waals surface area contributed by atoms with Crippen LogP contribution in [0.2, 0.25) is 0 Å². The quantitative estimate of drug-likeness (QED) is 0.198. The number of anilines is 3. The van der Waals surface area contributed by atoms with Crippen LogP contribution in [0.3, 0.4) is 0 Å². The number of hydrogen-bond donors (Lipinski definition) is 0. The molecule has 1 aliphatic heterocycles. The summed E-state index contributed by atoms with van der Waals surface area (Å²) in [4.78, 5) is 12.8. The molecule has 0 amide bonds. The van der Waals surface area contributed by atoms with Crippen molar-refractivity contribution in [2.24, 2.45) is 0 Å². The van der Waals surface area contributed by atoms with E-state index in [2.05, 4.69) is 155 Å². The molecule has 3 heterocycles. The Morgan fingerprint density at radius 3 is 1.94 bits per heavy atom. The van der Waals surface area contributed by atoms with Crippen LogP contribution in [0.5, 0.6) is 0 Å². The van der Waals surface area contributed by atoms with E-state index in [0.29, 0.717) is 5.82 Å². The van der Waals surface area contributed by atoms with Crippen LogP contribution in [-0.4, -0.2) is 14.5 Å². The Balaban J connectivity index is 1.33. The van der Waals surface area contributed by atoms with Crippen LogP contribution in [0, 0.1) is 0 Å². The maximum absolute atomic E-state index is 5.27. The molecule has 0 fully saturated rings. The molecule has 7 aromatic carbocycles. The number of nitrogens with zero attached hydrogens (tertiary/aromatic N) is 4. The zero-order valence-corrected chi connectivity index (χ0v) is 26.0. The molecular weight excluding hydrogens is 585 g/mol. The average Bonchev–Trinajstić information content (AvgIpc) is 3.51. The van der Waals surface area contributed by atoms with Crippen molar-refractivity contribution in [1.82, 2.24) is 14.5 Å². The van der Waals surface area contributed by atoms with Crippen molar-refractivity contribution in [3.05, 3.63) is 170 Å². The Bertz CT molecular complexity index is 2600. The monoisotopic (exact) mass is 612 g/mol. The van der Waals surface area contributed by atoms with Gasteiger partial charge in [0.05, 0.1) is 28.1 Å². The van der Waals surface area contributed by atoms with E-state index in [4.69, 9.17) is 9.97 Å². The molecule has 0 bridgehead atoms. The Hall–Kier alpha value is -6.52. The lowest BCUT2D eigenvalue weighted by Crippen LogP contribution is -2.15. The van der Waals surface area contributed by atoms with Gasteiger partial charge in [0.1, 0.15) is 5.82 Å². The summed E-state index contributed by atoms with van der Waals surface area (Å²) in [5, 5.41) is 4.88. The highest BCUT2D eigenvalue weighted by Gasteiger charge is 2.30. The third-order valence-corrected chi connectivity index (χ3v) is 9.51. The van der Waals surface area contributed by atoms with Gasteiger partial charge in [0.2, 0.25) is 0 Å². The van der Waals surface area contributed by atoms with Gasteiger partial charge >= 0.3 is 0 Å². The van der Waals surface area contributed by atoms with Crippen LogP contribution in [0.1, 0.15) is 0 Å². The molecular formula is C44H28N4. The standard InChI is InChI=1S/C44H28N4/c1-4-14-29(15-5-1)36-28-40(46-44(45-36)31-16-6-2-7-17-31)48-37-24-11-10-22-35(37)42-39(48)27-26-34-33-23-12-18-30-19-13-25-38(41(30)33)47(43(34)42)32-20-8-3-9-21-32/h1-28H. The van der Waals surface area contributed by atoms with Crippen LogP contribution < -0.4 is 4.90 Å². The summed E-state index contributed by atoms with van der Waals surface area (Å²) in [5.41, 5.74) is 11.1. The third-order valence-electron chi connectivity index (χ3n) is 9.51. The van der Waals surface area contributed by atoms with E-state index in [1.807, 2.05) is 24.3 Å². The fourth-order valence-electron chi connectivity index (χ4n) is 7.46. The highest BCUT2D eigenvalue weighted by Crippen LogP contribution is 2.55. The summed E-state index contributed by atoms with van der Waals surface area (Å²) in [6, 6.07) is 60.1. The second-order valence-corrected chi connectivity index (χ2v) is 12.2. The first-order valence-electron chi connectivity index (χ1n) is 16.3. The van der Waals surface area contributed by atoms with Gasteiger partial charge in [-0.1, -0.05) is 133 Å². The summed E-state index contributed by atoms with van der Waals surface area (Å²) in [5.74, 6) is 1.53. The summed E-state index contributed by atoms with van der Waals surface area (Å²) in [7, 11) is 0. The van der Waals surface area contributed by atoms with Crippen molar-refractivity contribution >= 4 is 49.6 Å². The van der Waals surface area contributed by atoms with Gasteiger partial charge < -0.3 is 4.90 Å². The minimum Gasteiger partial charge on any atom is -0.309 e. The molecule has 2 aromatic heterocycles. The van der Waals surface area contributed by atoms with E-state index in [0.717, 1.165) is 39.4 Å². The zero-order valence-electron chi connectivity index (χ0n) is 26.0. The van der Waals surface area contributed by atoms with Gasteiger partial charge in [0, 0.05) is 44.6 Å². The summed E-state index contributed by atoms with van der Waals surface area (Å²) >= 11 is 0. The molecule has 0 unspecified atom stereocenters. The highest BCUT2D eigenvalue weighted by molar-refractivity contribution is 6.24. The van der Waals surface area contributed by atoms with Gasteiger partial charge in [-0.2, -0.15) is 0 Å². The van der Waals surface area contributed by atoms with Crippen LogP contribution in [-0.2, 0) is 0 Å². The smallest absolute Gasteiger partial charge is 0.162 e. The number of benzene rings is 7. The predicted molar refractivity (Wildman–Crippen MR) is 198 cm³/mol. The van der Waals surface area contributed by atoms with Crippen molar-refractivity contribution in [3.63, 3.8) is 0 Å². The molecule has 4 heteroatoms. The van der Waals surface area contributed by atoms with Gasteiger partial charge in [-0.3, -0.25) is 4.57 Å². The first-order valence-corrected chi connectivity index (χ1v) is 16.3. The van der Waals surface area contributed by atoms with E-state index in [1.54, 1.807) is 0 Å². The third kappa shape index (κ3) is 3.96. The molecule has 0 radical (unpaired) electrons. The summed E-state index contributed by atoms with van der Waals surface area (Å²) < 4.78 is 2.32. The van der Waals surface area contributed by atoms with Crippen molar-refractivity contribution in [3.8, 4) is 39.6 Å². The van der Waals surface area contributed by atoms with Gasteiger partial charge in [-0.15, -0.1) is 0 Å². The number of para-hydroxylation sites is 2. The maximum Gasteiger partial charge on any atom is 0.162 e. The first kappa shape index (κ1) is 26.7. The molecule has 48 heavy (non-hydrogen) atoms. The summed E-state index contributed by atoms with van der Waals surface area (Å²) in [6.45, 7) is 0. The molecule has 224 valence electrons. The molecule has 9 aromatic rings.